The fourth-order valence-corrected chi connectivity index (χ4v) is 1.31. The molecule has 1 unspecified atom stereocenters. The van der Waals surface area contributed by atoms with E-state index in [1.54, 1.807) is 0 Å². The van der Waals surface area contributed by atoms with Crippen molar-refractivity contribution < 1.29 is 4.74 Å². The van der Waals surface area contributed by atoms with Gasteiger partial charge in [0.25, 0.3) is 0 Å². The van der Waals surface area contributed by atoms with Crippen LogP contribution in [0.4, 0.5) is 0 Å². The topological polar surface area (TPSA) is 9.23 Å². The third-order valence-electron chi connectivity index (χ3n) is 1.75. The lowest BCUT2D eigenvalue weighted by Gasteiger charge is -2.06. The van der Waals surface area contributed by atoms with Crippen molar-refractivity contribution in [3.05, 3.63) is 35.6 Å². The highest BCUT2D eigenvalue weighted by Gasteiger charge is 2.16. The fraction of sp³-hybridized carbons (Fsp3) is 0.333. The highest BCUT2D eigenvalue weighted by atomic mass is 16.5. The summed E-state index contributed by atoms with van der Waals surface area (Å²) in [6.07, 6.45) is 9.82. The van der Waals surface area contributed by atoms with Gasteiger partial charge in [0.05, 0.1) is 0 Å². The summed E-state index contributed by atoms with van der Waals surface area (Å²) >= 11 is 0. The lowest BCUT2D eigenvalue weighted by molar-refractivity contribution is 0.196. The van der Waals surface area contributed by atoms with Crippen molar-refractivity contribution >= 4 is 0 Å². The van der Waals surface area contributed by atoms with Crippen molar-refractivity contribution in [3.8, 4) is 0 Å². The van der Waals surface area contributed by atoms with Crippen molar-refractivity contribution in [3.63, 3.8) is 0 Å². The van der Waals surface area contributed by atoms with Gasteiger partial charge in [-0.3, -0.25) is 0 Å². The molecule has 0 N–H and O–H groups in total. The first-order valence-electron chi connectivity index (χ1n) is 3.62. The van der Waals surface area contributed by atoms with Gasteiger partial charge in [-0.25, -0.2) is 0 Å². The zero-order valence-electron chi connectivity index (χ0n) is 6.00. The average Bonchev–Trinajstić information content (AvgIpc) is 2.27. The van der Waals surface area contributed by atoms with Crippen molar-refractivity contribution in [1.29, 1.82) is 0 Å². The molecule has 0 saturated carbocycles. The number of hydrogen-bond acceptors (Lipinski definition) is 1. The van der Waals surface area contributed by atoms with E-state index in [2.05, 4.69) is 31.2 Å². The van der Waals surface area contributed by atoms with E-state index < -0.39 is 0 Å². The maximum absolute atomic E-state index is 5.48. The molecule has 1 heteroatoms. The number of rotatable bonds is 0. The van der Waals surface area contributed by atoms with Crippen LogP contribution in [-0.2, 0) is 4.74 Å². The zero-order valence-corrected chi connectivity index (χ0v) is 6.00. The largest absolute Gasteiger partial charge is 0.486 e. The number of hydrogen-bond donors (Lipinski definition) is 0. The van der Waals surface area contributed by atoms with Gasteiger partial charge in [0.15, 0.2) is 0 Å². The van der Waals surface area contributed by atoms with Crippen molar-refractivity contribution in [2.75, 3.05) is 0 Å². The van der Waals surface area contributed by atoms with Crippen molar-refractivity contribution in [2.24, 2.45) is 0 Å². The Morgan fingerprint density at radius 1 is 1.60 bits per heavy atom. The third kappa shape index (κ3) is 0.783. The molecule has 0 aromatic rings. The van der Waals surface area contributed by atoms with Gasteiger partial charge in [0, 0.05) is 5.57 Å². The van der Waals surface area contributed by atoms with Crippen LogP contribution in [-0.4, -0.2) is 6.10 Å². The molecular formula is C9H10O. The lowest BCUT2D eigenvalue weighted by Crippen LogP contribution is -1.95. The Balaban J connectivity index is 2.34. The van der Waals surface area contributed by atoms with E-state index in [4.69, 9.17) is 4.74 Å². The predicted molar refractivity (Wildman–Crippen MR) is 40.5 cm³/mol. The molecule has 1 heterocycles. The molecule has 2 aliphatic rings. The standard InChI is InChI=1S/C9H10O/c1-7-6-8-4-2-3-5-9(8)10-7/h2,4-7H,3H2,1H3. The number of ether oxygens (including phenoxy) is 1. The Labute approximate surface area is 60.7 Å². The lowest BCUT2D eigenvalue weighted by atomic mass is 10.1. The Morgan fingerprint density at radius 3 is 3.30 bits per heavy atom. The van der Waals surface area contributed by atoms with E-state index in [1.807, 2.05) is 0 Å². The first kappa shape index (κ1) is 5.78. The highest BCUT2D eigenvalue weighted by Crippen LogP contribution is 2.27. The molecule has 0 fully saturated rings. The van der Waals surface area contributed by atoms with Gasteiger partial charge in [-0.1, -0.05) is 12.2 Å². The molecule has 0 bridgehead atoms. The Bertz CT molecular complexity index is 233. The second-order valence-corrected chi connectivity index (χ2v) is 2.65. The zero-order chi connectivity index (χ0) is 6.97. The molecule has 10 heavy (non-hydrogen) atoms. The molecule has 0 saturated heterocycles. The molecule has 1 aliphatic carbocycles. The van der Waals surface area contributed by atoms with E-state index >= 15 is 0 Å². The smallest absolute Gasteiger partial charge is 0.123 e. The first-order valence-corrected chi connectivity index (χ1v) is 3.62. The van der Waals surface area contributed by atoms with E-state index in [0.717, 1.165) is 12.2 Å². The summed E-state index contributed by atoms with van der Waals surface area (Å²) in [5.74, 6) is 1.06. The molecule has 0 radical (unpaired) electrons. The summed E-state index contributed by atoms with van der Waals surface area (Å²) in [7, 11) is 0. The van der Waals surface area contributed by atoms with E-state index in [-0.39, 0.29) is 6.10 Å². The van der Waals surface area contributed by atoms with Crippen LogP contribution in [0.25, 0.3) is 0 Å². The van der Waals surface area contributed by atoms with Gasteiger partial charge in [0.2, 0.25) is 0 Å². The minimum absolute atomic E-state index is 0.268. The summed E-state index contributed by atoms with van der Waals surface area (Å²) in [4.78, 5) is 0. The quantitative estimate of drug-likeness (QED) is 0.493. The fourth-order valence-electron chi connectivity index (χ4n) is 1.31. The minimum atomic E-state index is 0.268. The molecule has 1 nitrogen and oxygen atoms in total. The Kier molecular flexibility index (Phi) is 1.16. The van der Waals surface area contributed by atoms with Gasteiger partial charge in [0.1, 0.15) is 11.9 Å². The predicted octanol–water partition coefficient (Wildman–Crippen LogP) is 2.18. The molecule has 1 atom stereocenters. The average molecular weight is 134 g/mol. The van der Waals surface area contributed by atoms with Crippen LogP contribution in [0.2, 0.25) is 0 Å². The van der Waals surface area contributed by atoms with Gasteiger partial charge < -0.3 is 4.74 Å². The molecule has 1 aliphatic heterocycles. The van der Waals surface area contributed by atoms with E-state index in [0.29, 0.717) is 0 Å². The Hall–Kier alpha value is -0.980. The normalized spacial score (nSPS) is 28.7. The molecule has 0 spiro atoms. The van der Waals surface area contributed by atoms with Crippen LogP contribution in [0, 0.1) is 0 Å². The summed E-state index contributed by atoms with van der Waals surface area (Å²) in [6, 6.07) is 0. The molecule has 0 aromatic heterocycles. The van der Waals surface area contributed by atoms with Gasteiger partial charge in [-0.2, -0.15) is 0 Å². The molecular weight excluding hydrogens is 124 g/mol. The summed E-state index contributed by atoms with van der Waals surface area (Å²) in [6.45, 7) is 2.06. The molecule has 52 valence electrons. The molecule has 0 aromatic carbocycles. The minimum Gasteiger partial charge on any atom is -0.486 e. The van der Waals surface area contributed by atoms with Crippen LogP contribution in [0.1, 0.15) is 13.3 Å². The summed E-state index contributed by atoms with van der Waals surface area (Å²) in [5.41, 5.74) is 1.25. The monoisotopic (exact) mass is 134 g/mol. The molecule has 0 amide bonds. The summed E-state index contributed by atoms with van der Waals surface area (Å²) in [5, 5.41) is 0. The third-order valence-corrected chi connectivity index (χ3v) is 1.75. The highest BCUT2D eigenvalue weighted by molar-refractivity contribution is 5.43. The van der Waals surface area contributed by atoms with Crippen LogP contribution in [0.15, 0.2) is 35.6 Å². The van der Waals surface area contributed by atoms with E-state index in [1.165, 1.54) is 5.57 Å². The van der Waals surface area contributed by atoms with Crippen LogP contribution >= 0.6 is 0 Å². The van der Waals surface area contributed by atoms with Crippen LogP contribution in [0.5, 0.6) is 0 Å². The first-order chi connectivity index (χ1) is 4.86. The summed E-state index contributed by atoms with van der Waals surface area (Å²) < 4.78 is 5.48. The second-order valence-electron chi connectivity index (χ2n) is 2.65. The van der Waals surface area contributed by atoms with Crippen LogP contribution in [0.3, 0.4) is 0 Å². The second kappa shape index (κ2) is 2.01. The van der Waals surface area contributed by atoms with Gasteiger partial charge in [-0.15, -0.1) is 0 Å². The number of fused-ring (bicyclic) bond motifs is 1. The van der Waals surface area contributed by atoms with Crippen molar-refractivity contribution in [2.45, 2.75) is 19.4 Å². The maximum atomic E-state index is 5.48. The van der Waals surface area contributed by atoms with Crippen LogP contribution < -0.4 is 0 Å². The van der Waals surface area contributed by atoms with Gasteiger partial charge >= 0.3 is 0 Å². The molecule has 2 rings (SSSR count). The number of allylic oxidation sites excluding steroid dienone is 3. The van der Waals surface area contributed by atoms with Gasteiger partial charge in [-0.05, 0) is 25.5 Å². The Morgan fingerprint density at radius 2 is 2.50 bits per heavy atom. The van der Waals surface area contributed by atoms with E-state index in [9.17, 15) is 0 Å². The maximum Gasteiger partial charge on any atom is 0.123 e. The van der Waals surface area contributed by atoms with Crippen molar-refractivity contribution in [1.82, 2.24) is 0 Å². The SMILES string of the molecule is CC1C=C2C=CCC=C2O1.